The fourth-order valence-electron chi connectivity index (χ4n) is 3.20. The van der Waals surface area contributed by atoms with Crippen molar-refractivity contribution in [3.8, 4) is 10.6 Å². The van der Waals surface area contributed by atoms with Crippen LogP contribution in [0.2, 0.25) is 0 Å². The first-order valence-corrected chi connectivity index (χ1v) is 10.2. The molecule has 29 heavy (non-hydrogen) atoms. The number of ether oxygens (including phenoxy) is 1. The van der Waals surface area contributed by atoms with Crippen LogP contribution < -0.4 is 0 Å². The van der Waals surface area contributed by atoms with Crippen molar-refractivity contribution in [3.05, 3.63) is 94.3 Å². The molecule has 0 bridgehead atoms. The van der Waals surface area contributed by atoms with Crippen molar-refractivity contribution in [3.63, 3.8) is 0 Å². The normalized spacial score (nSPS) is 10.8. The third kappa shape index (κ3) is 4.27. The molecule has 0 amide bonds. The van der Waals surface area contributed by atoms with E-state index in [1.807, 2.05) is 84.6 Å². The second-order valence-electron chi connectivity index (χ2n) is 6.78. The van der Waals surface area contributed by atoms with Crippen LogP contribution in [-0.2, 0) is 17.9 Å². The highest BCUT2D eigenvalue weighted by Crippen LogP contribution is 2.24. The lowest BCUT2D eigenvalue weighted by Crippen LogP contribution is -2.09. The molecule has 2 aromatic heterocycles. The quantitative estimate of drug-likeness (QED) is 0.424. The van der Waals surface area contributed by atoms with Crippen molar-refractivity contribution in [1.29, 1.82) is 0 Å². The number of aromatic nitrogens is 3. The molecule has 0 spiro atoms. The van der Waals surface area contributed by atoms with Crippen LogP contribution in [0.5, 0.6) is 0 Å². The highest BCUT2D eigenvalue weighted by Gasteiger charge is 2.20. The SMILES string of the molecule is Cc1nn(Cc2ccccc2)c(C)c1C(=O)OCc1csc(-c2ccccc2)n1. The maximum Gasteiger partial charge on any atom is 0.342 e. The summed E-state index contributed by atoms with van der Waals surface area (Å²) in [6.45, 7) is 4.50. The van der Waals surface area contributed by atoms with Crippen LogP contribution in [0.25, 0.3) is 10.6 Å². The van der Waals surface area contributed by atoms with Crippen molar-refractivity contribution in [1.82, 2.24) is 14.8 Å². The number of rotatable bonds is 6. The lowest BCUT2D eigenvalue weighted by atomic mass is 10.2. The molecule has 146 valence electrons. The lowest BCUT2D eigenvalue weighted by Gasteiger charge is -2.06. The van der Waals surface area contributed by atoms with Crippen LogP contribution in [0.1, 0.15) is 33.0 Å². The summed E-state index contributed by atoms with van der Waals surface area (Å²) in [5, 5.41) is 7.37. The van der Waals surface area contributed by atoms with Gasteiger partial charge in [0.1, 0.15) is 17.2 Å². The number of benzene rings is 2. The van der Waals surface area contributed by atoms with Gasteiger partial charge in [-0.05, 0) is 19.4 Å². The number of nitrogens with zero attached hydrogens (tertiary/aromatic N) is 3. The Morgan fingerprint density at radius 2 is 1.72 bits per heavy atom. The first kappa shape index (κ1) is 19.1. The van der Waals surface area contributed by atoms with Gasteiger partial charge in [-0.1, -0.05) is 60.7 Å². The predicted octanol–water partition coefficient (Wildman–Crippen LogP) is 5.03. The van der Waals surface area contributed by atoms with E-state index < -0.39 is 0 Å². The molecule has 0 aliphatic rings. The predicted molar refractivity (Wildman–Crippen MR) is 114 cm³/mol. The Labute approximate surface area is 173 Å². The maximum absolute atomic E-state index is 12.7. The molecule has 0 saturated carbocycles. The number of hydrogen-bond acceptors (Lipinski definition) is 5. The van der Waals surface area contributed by atoms with E-state index in [-0.39, 0.29) is 12.6 Å². The Kier molecular flexibility index (Phi) is 5.53. The minimum Gasteiger partial charge on any atom is -0.455 e. The van der Waals surface area contributed by atoms with Gasteiger partial charge in [0, 0.05) is 10.9 Å². The summed E-state index contributed by atoms with van der Waals surface area (Å²) in [6, 6.07) is 20.0. The molecule has 0 unspecified atom stereocenters. The fraction of sp³-hybridized carbons (Fsp3) is 0.174. The summed E-state index contributed by atoms with van der Waals surface area (Å²) in [5.74, 6) is -0.367. The fourth-order valence-corrected chi connectivity index (χ4v) is 4.01. The van der Waals surface area contributed by atoms with E-state index in [9.17, 15) is 4.79 Å². The summed E-state index contributed by atoms with van der Waals surface area (Å²) in [4.78, 5) is 17.3. The molecule has 0 aliphatic carbocycles. The van der Waals surface area contributed by atoms with Crippen molar-refractivity contribution >= 4 is 17.3 Å². The smallest absolute Gasteiger partial charge is 0.342 e. The van der Waals surface area contributed by atoms with Gasteiger partial charge in [0.05, 0.1) is 23.6 Å². The number of esters is 1. The van der Waals surface area contributed by atoms with Crippen LogP contribution in [0.15, 0.2) is 66.0 Å². The van der Waals surface area contributed by atoms with Crippen LogP contribution in [0.4, 0.5) is 0 Å². The van der Waals surface area contributed by atoms with Crippen molar-refractivity contribution in [2.24, 2.45) is 0 Å². The first-order valence-electron chi connectivity index (χ1n) is 9.36. The highest BCUT2D eigenvalue weighted by atomic mass is 32.1. The number of hydrogen-bond donors (Lipinski definition) is 0. The molecule has 4 aromatic rings. The van der Waals surface area contributed by atoms with Gasteiger partial charge in [-0.3, -0.25) is 4.68 Å². The molecule has 0 N–H and O–H groups in total. The van der Waals surface area contributed by atoms with Crippen molar-refractivity contribution in [2.45, 2.75) is 27.0 Å². The summed E-state index contributed by atoms with van der Waals surface area (Å²) < 4.78 is 7.39. The lowest BCUT2D eigenvalue weighted by molar-refractivity contribution is 0.0466. The standard InChI is InChI=1S/C23H21N3O2S/c1-16-21(17(2)26(25-16)13-18-9-5-3-6-10-18)23(27)28-14-20-15-29-22(24-20)19-11-7-4-8-12-19/h3-12,15H,13-14H2,1-2H3. The summed E-state index contributed by atoms with van der Waals surface area (Å²) >= 11 is 1.54. The first-order chi connectivity index (χ1) is 14.1. The molecular formula is C23H21N3O2S. The van der Waals surface area contributed by atoms with Gasteiger partial charge < -0.3 is 4.74 Å². The average Bonchev–Trinajstić information content (AvgIpc) is 3.32. The zero-order valence-corrected chi connectivity index (χ0v) is 17.1. The van der Waals surface area contributed by atoms with Crippen molar-refractivity contribution in [2.75, 3.05) is 0 Å². The maximum atomic E-state index is 12.7. The number of carbonyl (C=O) groups excluding carboxylic acids is 1. The van der Waals surface area contributed by atoms with Gasteiger partial charge in [0.25, 0.3) is 0 Å². The minimum absolute atomic E-state index is 0.144. The average molecular weight is 404 g/mol. The molecular weight excluding hydrogens is 382 g/mol. The van der Waals surface area contributed by atoms with E-state index in [4.69, 9.17) is 4.74 Å². The topological polar surface area (TPSA) is 57.0 Å². The summed E-state index contributed by atoms with van der Waals surface area (Å²) in [7, 11) is 0. The van der Waals surface area contributed by atoms with Gasteiger partial charge in [-0.2, -0.15) is 5.10 Å². The molecule has 2 heterocycles. The van der Waals surface area contributed by atoms with E-state index in [0.29, 0.717) is 17.8 Å². The van der Waals surface area contributed by atoms with Gasteiger partial charge in [-0.25, -0.2) is 9.78 Å². The van der Waals surface area contributed by atoms with Crippen molar-refractivity contribution < 1.29 is 9.53 Å². The van der Waals surface area contributed by atoms with E-state index in [2.05, 4.69) is 10.1 Å². The van der Waals surface area contributed by atoms with Crippen LogP contribution >= 0.6 is 11.3 Å². The van der Waals surface area contributed by atoms with Crippen LogP contribution in [0, 0.1) is 13.8 Å². The van der Waals surface area contributed by atoms with E-state index in [1.165, 1.54) is 0 Å². The molecule has 4 rings (SSSR count). The Balaban J connectivity index is 1.45. The van der Waals surface area contributed by atoms with E-state index in [0.717, 1.165) is 27.5 Å². The van der Waals surface area contributed by atoms with Gasteiger partial charge in [-0.15, -0.1) is 11.3 Å². The third-order valence-corrected chi connectivity index (χ3v) is 5.62. The molecule has 0 saturated heterocycles. The Morgan fingerprint density at radius 1 is 1.03 bits per heavy atom. The number of aryl methyl sites for hydroxylation is 1. The number of carbonyl (C=O) groups is 1. The zero-order valence-electron chi connectivity index (χ0n) is 16.3. The van der Waals surface area contributed by atoms with E-state index in [1.54, 1.807) is 11.3 Å². The van der Waals surface area contributed by atoms with Gasteiger partial charge >= 0.3 is 5.97 Å². The highest BCUT2D eigenvalue weighted by molar-refractivity contribution is 7.13. The van der Waals surface area contributed by atoms with Gasteiger partial charge in [0.2, 0.25) is 0 Å². The zero-order chi connectivity index (χ0) is 20.2. The molecule has 6 heteroatoms. The van der Waals surface area contributed by atoms with Gasteiger partial charge in [0.15, 0.2) is 0 Å². The molecule has 5 nitrogen and oxygen atoms in total. The summed E-state index contributed by atoms with van der Waals surface area (Å²) in [6.07, 6.45) is 0. The Bertz CT molecular complexity index is 1120. The Morgan fingerprint density at radius 3 is 2.45 bits per heavy atom. The number of thiazole rings is 1. The third-order valence-electron chi connectivity index (χ3n) is 4.68. The molecule has 0 radical (unpaired) electrons. The minimum atomic E-state index is -0.367. The molecule has 2 aromatic carbocycles. The monoisotopic (exact) mass is 403 g/mol. The van der Waals surface area contributed by atoms with E-state index >= 15 is 0 Å². The molecule has 0 fully saturated rings. The Hall–Kier alpha value is -3.25. The molecule has 0 atom stereocenters. The largest absolute Gasteiger partial charge is 0.455 e. The van der Waals surface area contributed by atoms with Crippen LogP contribution in [-0.4, -0.2) is 20.7 Å². The second kappa shape index (κ2) is 8.41. The van der Waals surface area contributed by atoms with Crippen LogP contribution in [0.3, 0.4) is 0 Å². The summed E-state index contributed by atoms with van der Waals surface area (Å²) in [5.41, 5.74) is 4.94. The second-order valence-corrected chi connectivity index (χ2v) is 7.63. The molecule has 0 aliphatic heterocycles.